The van der Waals surface area contributed by atoms with E-state index in [0.717, 1.165) is 0 Å². The standard InChI is InChI=1S/C17H19N3O6/c1-2-24-15(22)7-11-16(17(23)20-19-11)10(6-14(18)21)9-3-4-12-13(5-9)26-8-25-12/h3-5,10H,2,6-8H2,1H3,(H2,18,21)(H2,19,20,23). The molecule has 4 N–H and O–H groups in total. The quantitative estimate of drug-likeness (QED) is 0.616. The van der Waals surface area contributed by atoms with E-state index in [0.29, 0.717) is 22.8 Å². The second-order valence-electron chi connectivity index (χ2n) is 5.79. The molecule has 138 valence electrons. The number of nitrogens with two attached hydrogens (primary N) is 1. The molecule has 3 rings (SSSR count). The zero-order valence-electron chi connectivity index (χ0n) is 14.2. The van der Waals surface area contributed by atoms with Crippen LogP contribution in [0.4, 0.5) is 0 Å². The van der Waals surface area contributed by atoms with E-state index in [9.17, 15) is 14.4 Å². The van der Waals surface area contributed by atoms with E-state index in [4.69, 9.17) is 19.9 Å². The summed E-state index contributed by atoms with van der Waals surface area (Å²) in [5.74, 6) is -0.582. The molecule has 1 amide bonds. The van der Waals surface area contributed by atoms with Gasteiger partial charge in [-0.05, 0) is 24.6 Å². The highest BCUT2D eigenvalue weighted by Gasteiger charge is 2.27. The van der Waals surface area contributed by atoms with E-state index in [1.54, 1.807) is 25.1 Å². The molecule has 2 aromatic rings. The second-order valence-corrected chi connectivity index (χ2v) is 5.79. The van der Waals surface area contributed by atoms with Crippen LogP contribution in [0, 0.1) is 0 Å². The van der Waals surface area contributed by atoms with E-state index in [1.165, 1.54) is 0 Å². The average Bonchev–Trinajstić information content (AvgIpc) is 3.19. The number of primary amides is 1. The summed E-state index contributed by atoms with van der Waals surface area (Å²) in [6.07, 6.45) is -0.224. The van der Waals surface area contributed by atoms with Crippen molar-refractivity contribution in [2.24, 2.45) is 5.73 Å². The number of hydrogen-bond donors (Lipinski definition) is 3. The van der Waals surface area contributed by atoms with Crippen molar-refractivity contribution >= 4 is 11.9 Å². The Bertz CT molecular complexity index is 885. The Hall–Kier alpha value is -3.23. The molecule has 1 unspecified atom stereocenters. The number of carbonyl (C=O) groups is 2. The number of benzene rings is 1. The first-order chi connectivity index (χ1) is 12.5. The van der Waals surface area contributed by atoms with Crippen molar-refractivity contribution in [3.63, 3.8) is 0 Å². The van der Waals surface area contributed by atoms with Crippen LogP contribution >= 0.6 is 0 Å². The smallest absolute Gasteiger partial charge is 0.311 e. The molecule has 2 heterocycles. The van der Waals surface area contributed by atoms with Gasteiger partial charge in [-0.2, -0.15) is 0 Å². The van der Waals surface area contributed by atoms with Crippen molar-refractivity contribution in [3.05, 3.63) is 45.4 Å². The fraction of sp³-hybridized carbons (Fsp3) is 0.353. The van der Waals surface area contributed by atoms with Crippen molar-refractivity contribution in [2.45, 2.75) is 25.7 Å². The maximum atomic E-state index is 12.4. The highest BCUT2D eigenvalue weighted by atomic mass is 16.7. The third kappa shape index (κ3) is 3.56. The predicted molar refractivity (Wildman–Crippen MR) is 90.0 cm³/mol. The minimum Gasteiger partial charge on any atom is -0.466 e. The minimum atomic E-state index is -0.638. The Labute approximate surface area is 148 Å². The third-order valence-corrected chi connectivity index (χ3v) is 4.08. The first-order valence-electron chi connectivity index (χ1n) is 8.12. The van der Waals surface area contributed by atoms with Gasteiger partial charge < -0.3 is 25.0 Å². The number of aromatic amines is 2. The van der Waals surface area contributed by atoms with Gasteiger partial charge in [0.1, 0.15) is 0 Å². The van der Waals surface area contributed by atoms with Gasteiger partial charge in [0.2, 0.25) is 12.7 Å². The van der Waals surface area contributed by atoms with Gasteiger partial charge in [-0.3, -0.25) is 19.5 Å². The molecule has 9 heteroatoms. The third-order valence-electron chi connectivity index (χ3n) is 4.08. The monoisotopic (exact) mass is 361 g/mol. The molecule has 0 spiro atoms. The Morgan fingerprint density at radius 2 is 2.04 bits per heavy atom. The SMILES string of the molecule is CCOC(=O)Cc1[nH][nH]c(=O)c1C(CC(N)=O)c1ccc2c(c1)OCO2. The predicted octanol–water partition coefficient (Wildman–Crippen LogP) is 0.545. The zero-order valence-corrected chi connectivity index (χ0v) is 14.2. The summed E-state index contributed by atoms with van der Waals surface area (Å²) in [7, 11) is 0. The number of esters is 1. The largest absolute Gasteiger partial charge is 0.466 e. The average molecular weight is 361 g/mol. The van der Waals surface area contributed by atoms with Gasteiger partial charge in [0.25, 0.3) is 5.56 Å². The van der Waals surface area contributed by atoms with Crippen LogP contribution in [0.25, 0.3) is 0 Å². The van der Waals surface area contributed by atoms with Crippen LogP contribution in [-0.4, -0.2) is 35.5 Å². The number of rotatable bonds is 7. The lowest BCUT2D eigenvalue weighted by molar-refractivity contribution is -0.142. The van der Waals surface area contributed by atoms with E-state index >= 15 is 0 Å². The van der Waals surface area contributed by atoms with Crippen molar-refractivity contribution in [2.75, 3.05) is 13.4 Å². The lowest BCUT2D eigenvalue weighted by Gasteiger charge is -2.16. The molecular formula is C17H19N3O6. The normalized spacial score (nSPS) is 13.4. The summed E-state index contributed by atoms with van der Waals surface area (Å²) < 4.78 is 15.6. The lowest BCUT2D eigenvalue weighted by Crippen LogP contribution is -2.21. The van der Waals surface area contributed by atoms with Gasteiger partial charge in [0, 0.05) is 17.9 Å². The zero-order chi connectivity index (χ0) is 18.7. The summed E-state index contributed by atoms with van der Waals surface area (Å²) >= 11 is 0. The maximum Gasteiger partial charge on any atom is 0.311 e. The van der Waals surface area contributed by atoms with E-state index in [2.05, 4.69) is 10.2 Å². The molecule has 1 aliphatic rings. The molecule has 0 fully saturated rings. The van der Waals surface area contributed by atoms with Gasteiger partial charge in [-0.25, -0.2) is 0 Å². The van der Waals surface area contributed by atoms with Crippen LogP contribution in [0.15, 0.2) is 23.0 Å². The Morgan fingerprint density at radius 3 is 2.77 bits per heavy atom. The first-order valence-corrected chi connectivity index (χ1v) is 8.12. The van der Waals surface area contributed by atoms with Gasteiger partial charge in [-0.1, -0.05) is 6.07 Å². The molecule has 0 saturated carbocycles. The van der Waals surface area contributed by atoms with Crippen molar-refractivity contribution in [1.82, 2.24) is 10.2 Å². The van der Waals surface area contributed by atoms with Crippen LogP contribution in [0.5, 0.6) is 11.5 Å². The number of nitrogens with one attached hydrogen (secondary N) is 2. The summed E-state index contributed by atoms with van der Waals surface area (Å²) in [5, 5.41) is 5.16. The van der Waals surface area contributed by atoms with Crippen LogP contribution < -0.4 is 20.8 Å². The van der Waals surface area contributed by atoms with Crippen molar-refractivity contribution in [1.29, 1.82) is 0 Å². The maximum absolute atomic E-state index is 12.4. The summed E-state index contributed by atoms with van der Waals surface area (Å²) in [6.45, 7) is 2.04. The Balaban J connectivity index is 2.01. The van der Waals surface area contributed by atoms with Gasteiger partial charge >= 0.3 is 5.97 Å². The molecule has 26 heavy (non-hydrogen) atoms. The summed E-state index contributed by atoms with van der Waals surface area (Å²) in [6, 6.07) is 5.15. The molecule has 9 nitrogen and oxygen atoms in total. The molecule has 1 aromatic carbocycles. The van der Waals surface area contributed by atoms with Crippen molar-refractivity contribution < 1.29 is 23.8 Å². The molecule has 1 aliphatic heterocycles. The molecule has 0 saturated heterocycles. The number of amides is 1. The Kier molecular flexibility index (Phi) is 4.97. The van der Waals surface area contributed by atoms with E-state index in [1.807, 2.05) is 0 Å². The second kappa shape index (κ2) is 7.34. The van der Waals surface area contributed by atoms with E-state index < -0.39 is 23.4 Å². The Morgan fingerprint density at radius 1 is 1.27 bits per heavy atom. The highest BCUT2D eigenvalue weighted by molar-refractivity contribution is 5.76. The molecular weight excluding hydrogens is 342 g/mol. The highest BCUT2D eigenvalue weighted by Crippen LogP contribution is 2.37. The molecule has 0 radical (unpaired) electrons. The van der Waals surface area contributed by atoms with Crippen LogP contribution in [0.1, 0.15) is 36.1 Å². The summed E-state index contributed by atoms with van der Waals surface area (Å²) in [5.41, 5.74) is 6.26. The number of carbonyl (C=O) groups excluding carboxylic acids is 2. The van der Waals surface area contributed by atoms with Gasteiger partial charge in [-0.15, -0.1) is 0 Å². The molecule has 0 bridgehead atoms. The number of fused-ring (bicyclic) bond motifs is 1. The van der Waals surface area contributed by atoms with Crippen LogP contribution in [-0.2, 0) is 20.7 Å². The van der Waals surface area contributed by atoms with Gasteiger partial charge in [0.05, 0.1) is 18.7 Å². The fourth-order valence-electron chi connectivity index (χ4n) is 2.99. The molecule has 1 aromatic heterocycles. The summed E-state index contributed by atoms with van der Waals surface area (Å²) in [4.78, 5) is 35.8. The van der Waals surface area contributed by atoms with Crippen LogP contribution in [0.3, 0.4) is 0 Å². The number of aromatic nitrogens is 2. The molecule has 1 atom stereocenters. The van der Waals surface area contributed by atoms with E-state index in [-0.39, 0.29) is 31.8 Å². The van der Waals surface area contributed by atoms with Gasteiger partial charge in [0.15, 0.2) is 11.5 Å². The number of ether oxygens (including phenoxy) is 3. The van der Waals surface area contributed by atoms with Crippen LogP contribution in [0.2, 0.25) is 0 Å². The number of H-pyrrole nitrogens is 2. The topological polar surface area (TPSA) is 136 Å². The number of hydrogen-bond acceptors (Lipinski definition) is 6. The molecule has 0 aliphatic carbocycles. The fourth-order valence-corrected chi connectivity index (χ4v) is 2.99. The lowest BCUT2D eigenvalue weighted by atomic mass is 9.87. The minimum absolute atomic E-state index is 0.101. The first kappa shape index (κ1) is 17.6. The van der Waals surface area contributed by atoms with Crippen molar-refractivity contribution in [3.8, 4) is 11.5 Å².